The highest BCUT2D eigenvalue weighted by Crippen LogP contribution is 2.38. The molecule has 0 bridgehead atoms. The average molecular weight is 394 g/mol. The highest BCUT2D eigenvalue weighted by Gasteiger charge is 2.39. The Morgan fingerprint density at radius 3 is 2.43 bits per heavy atom. The summed E-state index contributed by atoms with van der Waals surface area (Å²) in [5.41, 5.74) is -0.788. The molecule has 3 rings (SSSR count). The van der Waals surface area contributed by atoms with Gasteiger partial charge in [0.25, 0.3) is 0 Å². The van der Waals surface area contributed by atoms with Gasteiger partial charge in [-0.15, -0.1) is 0 Å². The molecular weight excluding hydrogens is 377 g/mol. The molecule has 1 atom stereocenters. The maximum absolute atomic E-state index is 13.4. The van der Waals surface area contributed by atoms with Gasteiger partial charge in [0.05, 0.1) is 25.3 Å². The molecule has 0 fully saturated rings. The van der Waals surface area contributed by atoms with E-state index in [0.717, 1.165) is 24.8 Å². The van der Waals surface area contributed by atoms with Crippen molar-refractivity contribution in [3.63, 3.8) is 0 Å². The van der Waals surface area contributed by atoms with Gasteiger partial charge in [0.1, 0.15) is 11.5 Å². The summed E-state index contributed by atoms with van der Waals surface area (Å²) in [7, 11) is 2.52. The van der Waals surface area contributed by atoms with E-state index < -0.39 is 29.4 Å². The van der Waals surface area contributed by atoms with E-state index in [2.05, 4.69) is 4.74 Å². The average Bonchev–Trinajstić information content (AvgIpc) is 2.67. The number of halogens is 3. The van der Waals surface area contributed by atoms with Gasteiger partial charge in [-0.2, -0.15) is 13.2 Å². The van der Waals surface area contributed by atoms with Crippen LogP contribution in [-0.4, -0.2) is 32.1 Å². The molecule has 0 spiro atoms. The van der Waals surface area contributed by atoms with Gasteiger partial charge in [0.15, 0.2) is 11.9 Å². The first kappa shape index (κ1) is 19.7. The summed E-state index contributed by atoms with van der Waals surface area (Å²) in [5.74, 6) is -0.810. The molecular formula is C20H17F3O5. The molecule has 0 radical (unpaired) electrons. The lowest BCUT2D eigenvalue weighted by atomic mass is 9.93. The molecule has 2 aromatic carbocycles. The minimum atomic E-state index is -4.77. The Hall–Kier alpha value is -3.03. The molecule has 0 amide bonds. The first-order valence-electron chi connectivity index (χ1n) is 8.37. The Morgan fingerprint density at radius 1 is 1.18 bits per heavy atom. The number of esters is 1. The Balaban J connectivity index is 1.92. The predicted molar refractivity (Wildman–Crippen MR) is 92.6 cm³/mol. The molecule has 0 aromatic heterocycles. The normalized spacial score (nSPS) is 16.2. The number of Topliss-reactive ketones (excluding diaryl/α,β-unsaturated/α-hetero) is 1. The van der Waals surface area contributed by atoms with Gasteiger partial charge in [-0.05, 0) is 29.8 Å². The van der Waals surface area contributed by atoms with Crippen molar-refractivity contribution < 1.29 is 37.0 Å². The maximum atomic E-state index is 13.4. The zero-order chi connectivity index (χ0) is 20.5. The fourth-order valence-corrected chi connectivity index (χ4v) is 3.04. The minimum absolute atomic E-state index is 0.0573. The van der Waals surface area contributed by atoms with Crippen LogP contribution in [0.3, 0.4) is 0 Å². The van der Waals surface area contributed by atoms with Crippen molar-refractivity contribution in [3.05, 3.63) is 58.7 Å². The number of carbonyl (C=O) groups excluding carboxylic acids is 2. The lowest BCUT2D eigenvalue weighted by Crippen LogP contribution is -2.35. The highest BCUT2D eigenvalue weighted by atomic mass is 19.4. The lowest BCUT2D eigenvalue weighted by molar-refractivity contribution is -0.138. The SMILES string of the molecule is COC(=O)c1cc2c(cc1C(F)(F)F)O[C@@H](Cc1ccc(OC)cc1)C(=O)C2. The third-order valence-corrected chi connectivity index (χ3v) is 4.48. The molecule has 1 aliphatic rings. The van der Waals surface area contributed by atoms with E-state index in [1.165, 1.54) is 7.11 Å². The van der Waals surface area contributed by atoms with Gasteiger partial charge in [-0.25, -0.2) is 4.79 Å². The Bertz CT molecular complexity index is 903. The summed E-state index contributed by atoms with van der Waals surface area (Å²) in [5, 5.41) is 0. The van der Waals surface area contributed by atoms with Crippen molar-refractivity contribution in [2.75, 3.05) is 14.2 Å². The van der Waals surface area contributed by atoms with Gasteiger partial charge in [0.2, 0.25) is 0 Å². The fourth-order valence-electron chi connectivity index (χ4n) is 3.04. The Labute approximate surface area is 159 Å². The number of alkyl halides is 3. The molecule has 0 N–H and O–H groups in total. The van der Waals surface area contributed by atoms with E-state index in [9.17, 15) is 22.8 Å². The van der Waals surface area contributed by atoms with E-state index in [-0.39, 0.29) is 29.9 Å². The molecule has 5 nitrogen and oxygen atoms in total. The molecule has 2 aromatic rings. The zero-order valence-corrected chi connectivity index (χ0v) is 15.1. The van der Waals surface area contributed by atoms with Crippen LogP contribution in [0.5, 0.6) is 11.5 Å². The number of ether oxygens (including phenoxy) is 3. The van der Waals surface area contributed by atoms with E-state index >= 15 is 0 Å². The summed E-state index contributed by atoms with van der Waals surface area (Å²) < 4.78 is 55.2. The van der Waals surface area contributed by atoms with Gasteiger partial charge >= 0.3 is 12.1 Å². The van der Waals surface area contributed by atoms with Crippen LogP contribution in [0.4, 0.5) is 13.2 Å². The molecule has 0 saturated carbocycles. The lowest BCUT2D eigenvalue weighted by Gasteiger charge is -2.26. The number of methoxy groups -OCH3 is 2. The minimum Gasteiger partial charge on any atom is -0.497 e. The summed E-state index contributed by atoms with van der Waals surface area (Å²) in [6.07, 6.45) is -5.60. The summed E-state index contributed by atoms with van der Waals surface area (Å²) in [6.45, 7) is 0. The molecule has 0 saturated heterocycles. The fraction of sp³-hybridized carbons (Fsp3) is 0.300. The van der Waals surface area contributed by atoms with Gasteiger partial charge in [-0.3, -0.25) is 4.79 Å². The van der Waals surface area contributed by atoms with Crippen molar-refractivity contribution in [1.82, 2.24) is 0 Å². The zero-order valence-electron chi connectivity index (χ0n) is 15.1. The van der Waals surface area contributed by atoms with Crippen LogP contribution in [0.15, 0.2) is 36.4 Å². The molecule has 1 aliphatic heterocycles. The monoisotopic (exact) mass is 394 g/mol. The molecule has 28 heavy (non-hydrogen) atoms. The highest BCUT2D eigenvalue weighted by molar-refractivity contribution is 5.94. The van der Waals surface area contributed by atoms with E-state index in [4.69, 9.17) is 9.47 Å². The van der Waals surface area contributed by atoms with Crippen LogP contribution in [0.25, 0.3) is 0 Å². The second kappa shape index (κ2) is 7.53. The maximum Gasteiger partial charge on any atom is 0.417 e. The van der Waals surface area contributed by atoms with Crippen molar-refractivity contribution in [2.45, 2.75) is 25.1 Å². The van der Waals surface area contributed by atoms with Crippen LogP contribution < -0.4 is 9.47 Å². The van der Waals surface area contributed by atoms with E-state index in [1.807, 2.05) is 0 Å². The van der Waals surface area contributed by atoms with Crippen LogP contribution in [0.1, 0.15) is 27.0 Å². The number of rotatable bonds is 4. The van der Waals surface area contributed by atoms with E-state index in [0.29, 0.717) is 5.75 Å². The predicted octanol–water partition coefficient (Wildman–Crippen LogP) is 3.62. The molecule has 0 unspecified atom stereocenters. The molecule has 148 valence electrons. The molecule has 1 heterocycles. The Kier molecular flexibility index (Phi) is 5.31. The molecule has 0 aliphatic carbocycles. The summed E-state index contributed by atoms with van der Waals surface area (Å²) >= 11 is 0. The standard InChI is InChI=1S/C20H17F3O5/c1-26-13-5-3-11(4-6-13)7-18-16(24)9-12-8-14(19(25)27-2)15(20(21,22)23)10-17(12)28-18/h3-6,8,10,18H,7,9H2,1-2H3/t18-/m0/s1. The van der Waals surface area contributed by atoms with Crippen molar-refractivity contribution in [2.24, 2.45) is 0 Å². The number of fused-ring (bicyclic) bond motifs is 1. The summed E-state index contributed by atoms with van der Waals surface area (Å²) in [6, 6.07) is 8.74. The molecule has 8 heteroatoms. The third-order valence-electron chi connectivity index (χ3n) is 4.48. The van der Waals surface area contributed by atoms with Crippen molar-refractivity contribution in [3.8, 4) is 11.5 Å². The van der Waals surface area contributed by atoms with Crippen LogP contribution >= 0.6 is 0 Å². The number of carbonyl (C=O) groups is 2. The number of hydrogen-bond acceptors (Lipinski definition) is 5. The van der Waals surface area contributed by atoms with Crippen molar-refractivity contribution in [1.29, 1.82) is 0 Å². The van der Waals surface area contributed by atoms with Crippen molar-refractivity contribution >= 4 is 11.8 Å². The van der Waals surface area contributed by atoms with E-state index in [1.54, 1.807) is 24.3 Å². The van der Waals surface area contributed by atoms with Crippen LogP contribution in [-0.2, 0) is 28.5 Å². The second-order valence-electron chi connectivity index (χ2n) is 6.30. The first-order chi connectivity index (χ1) is 13.2. The number of benzene rings is 2. The smallest absolute Gasteiger partial charge is 0.417 e. The quantitative estimate of drug-likeness (QED) is 0.742. The van der Waals surface area contributed by atoms with Crippen LogP contribution in [0, 0.1) is 0 Å². The second-order valence-corrected chi connectivity index (χ2v) is 6.30. The first-order valence-corrected chi connectivity index (χ1v) is 8.37. The van der Waals surface area contributed by atoms with Gasteiger partial charge in [0, 0.05) is 18.4 Å². The third kappa shape index (κ3) is 3.95. The van der Waals surface area contributed by atoms with Gasteiger partial charge < -0.3 is 14.2 Å². The largest absolute Gasteiger partial charge is 0.497 e. The Morgan fingerprint density at radius 2 is 1.86 bits per heavy atom. The summed E-state index contributed by atoms with van der Waals surface area (Å²) in [4.78, 5) is 24.2. The topological polar surface area (TPSA) is 61.8 Å². The van der Waals surface area contributed by atoms with Gasteiger partial charge in [-0.1, -0.05) is 12.1 Å². The van der Waals surface area contributed by atoms with Crippen LogP contribution in [0.2, 0.25) is 0 Å². The number of ketones is 1. The number of hydrogen-bond donors (Lipinski definition) is 0.